The minimum atomic E-state index is -5.35. The molecule has 0 radical (unpaired) electrons. The number of alkyl halides is 3. The van der Waals surface area contributed by atoms with E-state index in [2.05, 4.69) is 15.3 Å². The van der Waals surface area contributed by atoms with Crippen molar-refractivity contribution in [3.05, 3.63) is 95.6 Å². The molecule has 0 bridgehead atoms. The maximum atomic E-state index is 14.7. The summed E-state index contributed by atoms with van der Waals surface area (Å²) in [7, 11) is 0. The number of ether oxygens (including phenoxy) is 2. The lowest BCUT2D eigenvalue weighted by Crippen LogP contribution is -2.51. The number of rotatable bonds is 12. The molecule has 0 spiro atoms. The Kier molecular flexibility index (Phi) is 9.24. The monoisotopic (exact) mass is 638 g/mol. The zero-order valence-corrected chi connectivity index (χ0v) is 24.6. The highest BCUT2D eigenvalue weighted by atomic mass is 19.4. The van der Waals surface area contributed by atoms with E-state index < -0.39 is 48.1 Å². The molecule has 2 aromatic carbocycles. The number of nitrogens with two attached hydrogens (primary N) is 1. The number of nitrogens with zero attached hydrogens (tertiary/aromatic N) is 2. The second-order valence-corrected chi connectivity index (χ2v) is 10.7. The number of aliphatic hydroxyl groups is 1. The van der Waals surface area contributed by atoms with Crippen molar-refractivity contribution in [3.63, 3.8) is 0 Å². The van der Waals surface area contributed by atoms with Gasteiger partial charge >= 0.3 is 6.18 Å². The van der Waals surface area contributed by atoms with Crippen molar-refractivity contribution in [1.82, 2.24) is 15.3 Å². The van der Waals surface area contributed by atoms with Crippen LogP contribution in [0.15, 0.2) is 72.9 Å². The van der Waals surface area contributed by atoms with Crippen LogP contribution in [0, 0.1) is 5.82 Å². The summed E-state index contributed by atoms with van der Waals surface area (Å²) in [5.41, 5.74) is 1.79. The van der Waals surface area contributed by atoms with Crippen molar-refractivity contribution in [1.29, 1.82) is 0 Å². The standard InChI is InChI=1S/C33H30F4N4O5/c1-2-45-30-21(17-28(38)42)16-27(41-29(30)19-6-9-22(34)10-7-19)32(44,33(35,36)37)18-40-31(43)20-8-13-24(25-5-3-4-14-39-25)26(15-20)46-23-11-12-23/h3-10,13-16,23,44H,2,11-12,17-18H2,1H3,(H2,38,42)(H,40,43)/t32-/m0/s1. The number of amides is 2. The van der Waals surface area contributed by atoms with Crippen LogP contribution in [0.5, 0.6) is 11.5 Å². The smallest absolute Gasteiger partial charge is 0.424 e. The molecule has 5 rings (SSSR count). The lowest BCUT2D eigenvalue weighted by Gasteiger charge is -2.31. The van der Waals surface area contributed by atoms with Gasteiger partial charge in [-0.05, 0) is 80.4 Å². The van der Waals surface area contributed by atoms with Crippen LogP contribution in [0.2, 0.25) is 0 Å². The van der Waals surface area contributed by atoms with Gasteiger partial charge in [0.2, 0.25) is 11.5 Å². The SMILES string of the molecule is CCOc1c(CC(N)=O)cc([C@@](O)(CNC(=O)c2ccc(-c3ccccn3)c(OC3CC3)c2)C(F)(F)F)nc1-c1ccc(F)cc1. The van der Waals surface area contributed by atoms with E-state index in [9.17, 15) is 32.3 Å². The van der Waals surface area contributed by atoms with Crippen LogP contribution in [-0.4, -0.2) is 52.3 Å². The van der Waals surface area contributed by atoms with E-state index in [0.717, 1.165) is 31.0 Å². The first kappa shape index (κ1) is 32.4. The summed E-state index contributed by atoms with van der Waals surface area (Å²) < 4.78 is 69.4. The Hall–Kier alpha value is -5.04. The molecule has 1 atom stereocenters. The second kappa shape index (κ2) is 13.1. The molecule has 240 valence electrons. The Morgan fingerprint density at radius 3 is 2.41 bits per heavy atom. The van der Waals surface area contributed by atoms with Gasteiger partial charge in [-0.15, -0.1) is 0 Å². The van der Waals surface area contributed by atoms with Crippen molar-refractivity contribution in [3.8, 4) is 34.0 Å². The van der Waals surface area contributed by atoms with Gasteiger partial charge in [-0.1, -0.05) is 6.07 Å². The lowest BCUT2D eigenvalue weighted by molar-refractivity contribution is -0.265. The van der Waals surface area contributed by atoms with Crippen LogP contribution in [0.3, 0.4) is 0 Å². The quantitative estimate of drug-likeness (QED) is 0.184. The molecule has 0 saturated heterocycles. The fourth-order valence-electron chi connectivity index (χ4n) is 4.73. The first-order valence-corrected chi connectivity index (χ1v) is 14.4. The Morgan fingerprint density at radius 2 is 1.80 bits per heavy atom. The first-order chi connectivity index (χ1) is 21.9. The summed E-state index contributed by atoms with van der Waals surface area (Å²) in [6, 6.07) is 15.2. The van der Waals surface area contributed by atoms with Crippen molar-refractivity contribution in [2.75, 3.05) is 13.2 Å². The summed E-state index contributed by atoms with van der Waals surface area (Å²) in [5, 5.41) is 13.4. The second-order valence-electron chi connectivity index (χ2n) is 10.7. The minimum absolute atomic E-state index is 0.0130. The van der Waals surface area contributed by atoms with Crippen LogP contribution in [0.25, 0.3) is 22.5 Å². The number of hydrogen-bond acceptors (Lipinski definition) is 7. The number of halogens is 4. The predicted octanol–water partition coefficient (Wildman–Crippen LogP) is 5.10. The van der Waals surface area contributed by atoms with Crippen molar-refractivity contribution >= 4 is 11.8 Å². The van der Waals surface area contributed by atoms with Crippen LogP contribution in [0.4, 0.5) is 17.6 Å². The Balaban J connectivity index is 1.52. The fourth-order valence-corrected chi connectivity index (χ4v) is 4.73. The zero-order chi connectivity index (χ0) is 33.1. The van der Waals surface area contributed by atoms with E-state index in [1.54, 1.807) is 37.4 Å². The number of benzene rings is 2. The molecule has 2 amide bonds. The van der Waals surface area contributed by atoms with Gasteiger partial charge < -0.3 is 25.6 Å². The van der Waals surface area contributed by atoms with Gasteiger partial charge in [0.05, 0.1) is 37.1 Å². The normalized spacial score (nSPS) is 14.3. The van der Waals surface area contributed by atoms with Gasteiger partial charge in [0, 0.05) is 28.5 Å². The molecule has 0 aliphatic heterocycles. The van der Waals surface area contributed by atoms with E-state index in [0.29, 0.717) is 17.0 Å². The molecule has 2 heterocycles. The average Bonchev–Trinajstić information content (AvgIpc) is 3.84. The molecule has 1 fully saturated rings. The van der Waals surface area contributed by atoms with E-state index in [-0.39, 0.29) is 40.8 Å². The zero-order valence-electron chi connectivity index (χ0n) is 24.6. The summed E-state index contributed by atoms with van der Waals surface area (Å²) in [5.74, 6) is -2.12. The topological polar surface area (TPSA) is 137 Å². The Morgan fingerprint density at radius 1 is 1.07 bits per heavy atom. The van der Waals surface area contributed by atoms with Gasteiger partial charge in [-0.25, -0.2) is 9.37 Å². The number of pyridine rings is 2. The van der Waals surface area contributed by atoms with Crippen LogP contribution in [0.1, 0.15) is 41.4 Å². The summed E-state index contributed by atoms with van der Waals surface area (Å²) in [4.78, 5) is 33.5. The molecule has 0 unspecified atom stereocenters. The molecule has 1 aliphatic rings. The van der Waals surface area contributed by atoms with E-state index in [4.69, 9.17) is 15.2 Å². The molecule has 9 nitrogen and oxygen atoms in total. The third kappa shape index (κ3) is 7.09. The number of nitrogens with one attached hydrogen (secondary N) is 1. The van der Waals surface area contributed by atoms with E-state index in [1.807, 2.05) is 0 Å². The predicted molar refractivity (Wildman–Crippen MR) is 159 cm³/mol. The molecule has 1 saturated carbocycles. The number of aromatic nitrogens is 2. The summed E-state index contributed by atoms with van der Waals surface area (Å²) in [6.07, 6.45) is -2.71. The lowest BCUT2D eigenvalue weighted by atomic mass is 9.93. The number of hydrogen-bond donors (Lipinski definition) is 3. The third-order valence-corrected chi connectivity index (χ3v) is 7.22. The molecular weight excluding hydrogens is 608 g/mol. The highest BCUT2D eigenvalue weighted by molar-refractivity contribution is 5.95. The van der Waals surface area contributed by atoms with Gasteiger partial charge in [0.15, 0.2) is 0 Å². The molecule has 46 heavy (non-hydrogen) atoms. The van der Waals surface area contributed by atoms with Gasteiger partial charge in [-0.3, -0.25) is 14.6 Å². The molecule has 1 aliphatic carbocycles. The maximum Gasteiger partial charge on any atom is 0.424 e. The first-order valence-electron chi connectivity index (χ1n) is 14.4. The maximum absolute atomic E-state index is 14.7. The largest absolute Gasteiger partial charge is 0.491 e. The van der Waals surface area contributed by atoms with Crippen LogP contribution in [-0.2, 0) is 16.8 Å². The fraction of sp³-hybridized carbons (Fsp3) is 0.273. The van der Waals surface area contributed by atoms with Crippen LogP contribution < -0.4 is 20.5 Å². The average molecular weight is 639 g/mol. The Labute approximate surface area is 261 Å². The van der Waals surface area contributed by atoms with Gasteiger partial charge in [0.1, 0.15) is 23.0 Å². The molecule has 4 N–H and O–H groups in total. The minimum Gasteiger partial charge on any atom is -0.491 e. The van der Waals surface area contributed by atoms with Crippen LogP contribution >= 0.6 is 0 Å². The summed E-state index contributed by atoms with van der Waals surface area (Å²) in [6.45, 7) is 0.324. The molecule has 13 heteroatoms. The van der Waals surface area contributed by atoms with Crippen molar-refractivity contribution in [2.24, 2.45) is 5.73 Å². The molecular formula is C33H30F4N4O5. The Bertz CT molecular complexity index is 1730. The highest BCUT2D eigenvalue weighted by Gasteiger charge is 2.56. The van der Waals surface area contributed by atoms with E-state index >= 15 is 0 Å². The number of carbonyl (C=O) groups is 2. The van der Waals surface area contributed by atoms with E-state index in [1.165, 1.54) is 24.3 Å². The van der Waals surface area contributed by atoms with Crippen molar-refractivity contribution < 1.29 is 41.7 Å². The highest BCUT2D eigenvalue weighted by Crippen LogP contribution is 2.42. The number of primary amides is 1. The van der Waals surface area contributed by atoms with Gasteiger partial charge in [-0.2, -0.15) is 13.2 Å². The third-order valence-electron chi connectivity index (χ3n) is 7.22. The van der Waals surface area contributed by atoms with Crippen molar-refractivity contribution in [2.45, 2.75) is 44.1 Å². The number of carbonyl (C=O) groups excluding carboxylic acids is 2. The molecule has 2 aromatic heterocycles. The summed E-state index contributed by atoms with van der Waals surface area (Å²) >= 11 is 0. The molecule has 4 aromatic rings. The van der Waals surface area contributed by atoms with Gasteiger partial charge in [0.25, 0.3) is 5.91 Å².